The molecule has 22 heavy (non-hydrogen) atoms. The highest BCUT2D eigenvalue weighted by Gasteiger charge is 2.17. The number of nitrogens with zero attached hydrogens (tertiary/aromatic N) is 2. The second kappa shape index (κ2) is 7.49. The molecular weight excluding hydrogens is 276 g/mol. The molecule has 0 atom stereocenters. The van der Waals surface area contributed by atoms with Gasteiger partial charge in [0, 0.05) is 32.7 Å². The number of rotatable bonds is 4. The van der Waals surface area contributed by atoms with Gasteiger partial charge in [-0.3, -0.25) is 4.99 Å². The summed E-state index contributed by atoms with van der Waals surface area (Å²) in [5.41, 5.74) is 1.24. The average Bonchev–Trinajstić information content (AvgIpc) is 2.57. The van der Waals surface area contributed by atoms with Crippen molar-refractivity contribution in [1.82, 2.24) is 15.5 Å². The maximum Gasteiger partial charge on any atom is 0.191 e. The standard InChI is InChI=1S/C17H26N4O/c1-21-11-7-16(8-12-21)22-15-5-3-14(4-6-15)13-20-17-18-9-2-10-19-17/h3-6,16H,2,7-13H2,1H3,(H2,18,19,20). The number of nitrogens with one attached hydrogen (secondary N) is 2. The van der Waals surface area contributed by atoms with Gasteiger partial charge in [-0.2, -0.15) is 0 Å². The number of hydrogen-bond acceptors (Lipinski definition) is 5. The fraction of sp³-hybridized carbons (Fsp3) is 0.588. The molecular formula is C17H26N4O. The second-order valence-electron chi connectivity index (χ2n) is 6.13. The van der Waals surface area contributed by atoms with E-state index in [9.17, 15) is 0 Å². The fourth-order valence-corrected chi connectivity index (χ4v) is 2.82. The van der Waals surface area contributed by atoms with Gasteiger partial charge in [-0.1, -0.05) is 12.1 Å². The summed E-state index contributed by atoms with van der Waals surface area (Å²) in [7, 11) is 2.17. The van der Waals surface area contributed by atoms with Gasteiger partial charge in [-0.05, 0) is 44.0 Å². The highest BCUT2D eigenvalue weighted by atomic mass is 16.5. The molecule has 2 aliphatic heterocycles. The Kier molecular flexibility index (Phi) is 5.16. The highest BCUT2D eigenvalue weighted by molar-refractivity contribution is 5.80. The molecule has 0 aromatic heterocycles. The molecule has 1 fully saturated rings. The first-order valence-electron chi connectivity index (χ1n) is 8.26. The van der Waals surface area contributed by atoms with Gasteiger partial charge in [0.2, 0.25) is 0 Å². The molecule has 120 valence electrons. The highest BCUT2D eigenvalue weighted by Crippen LogP contribution is 2.19. The van der Waals surface area contributed by atoms with Gasteiger partial charge in [-0.25, -0.2) is 0 Å². The summed E-state index contributed by atoms with van der Waals surface area (Å²) in [4.78, 5) is 6.77. The number of piperidine rings is 1. The van der Waals surface area contributed by atoms with Gasteiger partial charge in [0.05, 0.1) is 0 Å². The molecule has 0 saturated carbocycles. The molecule has 5 heteroatoms. The van der Waals surface area contributed by atoms with Crippen molar-refractivity contribution in [2.75, 3.05) is 33.2 Å². The van der Waals surface area contributed by atoms with Crippen molar-refractivity contribution in [3.05, 3.63) is 29.8 Å². The molecule has 0 aliphatic carbocycles. The zero-order chi connectivity index (χ0) is 15.2. The van der Waals surface area contributed by atoms with Crippen LogP contribution in [0, 0.1) is 0 Å². The molecule has 1 saturated heterocycles. The predicted octanol–water partition coefficient (Wildman–Crippen LogP) is 1.60. The number of aliphatic imine (C=N–C) groups is 1. The molecule has 5 nitrogen and oxygen atoms in total. The Bertz CT molecular complexity index is 492. The Balaban J connectivity index is 1.46. The molecule has 1 aromatic rings. The van der Waals surface area contributed by atoms with Gasteiger partial charge in [-0.15, -0.1) is 0 Å². The summed E-state index contributed by atoms with van der Waals surface area (Å²) < 4.78 is 6.07. The third-order valence-corrected chi connectivity index (χ3v) is 4.25. The third-order valence-electron chi connectivity index (χ3n) is 4.25. The Morgan fingerprint density at radius 2 is 2.05 bits per heavy atom. The van der Waals surface area contributed by atoms with Crippen molar-refractivity contribution >= 4 is 5.96 Å². The van der Waals surface area contributed by atoms with Gasteiger partial charge in [0.15, 0.2) is 5.96 Å². The lowest BCUT2D eigenvalue weighted by molar-refractivity contribution is 0.114. The van der Waals surface area contributed by atoms with E-state index in [1.807, 2.05) is 0 Å². The minimum Gasteiger partial charge on any atom is -0.490 e. The van der Waals surface area contributed by atoms with E-state index >= 15 is 0 Å². The Morgan fingerprint density at radius 1 is 1.27 bits per heavy atom. The largest absolute Gasteiger partial charge is 0.490 e. The first-order valence-corrected chi connectivity index (χ1v) is 8.26. The zero-order valence-corrected chi connectivity index (χ0v) is 13.3. The van der Waals surface area contributed by atoms with E-state index in [0.717, 1.165) is 63.7 Å². The lowest BCUT2D eigenvalue weighted by atomic mass is 10.1. The molecule has 0 spiro atoms. The summed E-state index contributed by atoms with van der Waals surface area (Å²) in [6.45, 7) is 4.97. The summed E-state index contributed by atoms with van der Waals surface area (Å²) in [6.07, 6.45) is 3.71. The summed E-state index contributed by atoms with van der Waals surface area (Å²) >= 11 is 0. The van der Waals surface area contributed by atoms with Crippen LogP contribution >= 0.6 is 0 Å². The van der Waals surface area contributed by atoms with E-state index in [2.05, 4.69) is 51.8 Å². The minimum absolute atomic E-state index is 0.362. The number of hydrogen-bond donors (Lipinski definition) is 2. The van der Waals surface area contributed by atoms with Crippen molar-refractivity contribution in [2.45, 2.75) is 31.9 Å². The van der Waals surface area contributed by atoms with Crippen molar-refractivity contribution in [2.24, 2.45) is 4.99 Å². The Hall–Kier alpha value is -1.75. The van der Waals surface area contributed by atoms with E-state index in [-0.39, 0.29) is 0 Å². The van der Waals surface area contributed by atoms with Crippen LogP contribution < -0.4 is 15.4 Å². The van der Waals surface area contributed by atoms with E-state index in [1.165, 1.54) is 5.56 Å². The first kappa shape index (κ1) is 15.2. The van der Waals surface area contributed by atoms with Crippen LogP contribution in [0.5, 0.6) is 5.75 Å². The van der Waals surface area contributed by atoms with E-state index < -0.39 is 0 Å². The maximum absolute atomic E-state index is 6.07. The maximum atomic E-state index is 6.07. The van der Waals surface area contributed by atoms with Crippen molar-refractivity contribution < 1.29 is 4.74 Å². The van der Waals surface area contributed by atoms with Crippen LogP contribution in [-0.2, 0) is 6.54 Å². The molecule has 2 aliphatic rings. The topological polar surface area (TPSA) is 48.9 Å². The van der Waals surface area contributed by atoms with Crippen LogP contribution in [0.2, 0.25) is 0 Å². The van der Waals surface area contributed by atoms with Crippen LogP contribution in [0.3, 0.4) is 0 Å². The smallest absolute Gasteiger partial charge is 0.191 e. The molecule has 3 rings (SSSR count). The molecule has 0 radical (unpaired) electrons. The molecule has 2 N–H and O–H groups in total. The molecule has 0 unspecified atom stereocenters. The van der Waals surface area contributed by atoms with Crippen LogP contribution in [0.1, 0.15) is 24.8 Å². The van der Waals surface area contributed by atoms with Gasteiger partial charge in [0.25, 0.3) is 0 Å². The summed E-state index contributed by atoms with van der Waals surface area (Å²) in [5.74, 6) is 1.89. The monoisotopic (exact) mass is 302 g/mol. The van der Waals surface area contributed by atoms with Crippen molar-refractivity contribution in [3.63, 3.8) is 0 Å². The second-order valence-corrected chi connectivity index (χ2v) is 6.13. The predicted molar refractivity (Wildman–Crippen MR) is 89.4 cm³/mol. The lowest BCUT2D eigenvalue weighted by Crippen LogP contribution is -2.40. The molecule has 2 heterocycles. The van der Waals surface area contributed by atoms with E-state index in [0.29, 0.717) is 6.10 Å². The fourth-order valence-electron chi connectivity index (χ4n) is 2.82. The number of guanidine groups is 1. The van der Waals surface area contributed by atoms with Crippen LogP contribution in [-0.4, -0.2) is 50.2 Å². The SMILES string of the molecule is CN1CCC(Oc2ccc(CNC3=NCCCN3)cc2)CC1. The van der Waals surface area contributed by atoms with Crippen LogP contribution in [0.15, 0.2) is 29.3 Å². The van der Waals surface area contributed by atoms with Gasteiger partial charge in [0.1, 0.15) is 11.9 Å². The van der Waals surface area contributed by atoms with Crippen LogP contribution in [0.25, 0.3) is 0 Å². The van der Waals surface area contributed by atoms with Crippen molar-refractivity contribution in [3.8, 4) is 5.75 Å². The summed E-state index contributed by atoms with van der Waals surface area (Å²) in [6, 6.07) is 8.40. The lowest BCUT2D eigenvalue weighted by Gasteiger charge is -2.29. The zero-order valence-electron chi connectivity index (χ0n) is 13.3. The average molecular weight is 302 g/mol. The number of benzene rings is 1. The minimum atomic E-state index is 0.362. The first-order chi connectivity index (χ1) is 10.8. The van der Waals surface area contributed by atoms with E-state index in [1.54, 1.807) is 0 Å². The summed E-state index contributed by atoms with van der Waals surface area (Å²) in [5, 5.41) is 6.60. The normalized spacial score (nSPS) is 20.1. The Morgan fingerprint density at radius 3 is 2.73 bits per heavy atom. The Labute approximate surface area is 132 Å². The van der Waals surface area contributed by atoms with Gasteiger partial charge >= 0.3 is 0 Å². The van der Waals surface area contributed by atoms with E-state index in [4.69, 9.17) is 4.74 Å². The van der Waals surface area contributed by atoms with Crippen molar-refractivity contribution in [1.29, 1.82) is 0 Å². The molecule has 0 bridgehead atoms. The van der Waals surface area contributed by atoms with Gasteiger partial charge < -0.3 is 20.3 Å². The number of likely N-dealkylation sites (tertiary alicyclic amines) is 1. The van der Waals surface area contributed by atoms with Crippen LogP contribution in [0.4, 0.5) is 0 Å². The number of ether oxygens (including phenoxy) is 1. The quantitative estimate of drug-likeness (QED) is 0.887. The molecule has 0 amide bonds. The molecule has 1 aromatic carbocycles. The third kappa shape index (κ3) is 4.37.